The van der Waals surface area contributed by atoms with Crippen molar-refractivity contribution in [1.29, 1.82) is 0 Å². The first-order valence-corrected chi connectivity index (χ1v) is 10.2. The van der Waals surface area contributed by atoms with Gasteiger partial charge in [-0.1, -0.05) is 41.4 Å². The summed E-state index contributed by atoms with van der Waals surface area (Å²) in [6.45, 7) is 3.66. The van der Waals surface area contributed by atoms with Gasteiger partial charge in [0.05, 0.1) is 11.5 Å². The molecule has 0 saturated heterocycles. The van der Waals surface area contributed by atoms with Crippen LogP contribution in [0.1, 0.15) is 24.0 Å². The predicted molar refractivity (Wildman–Crippen MR) is 99.9 cm³/mol. The number of hydrogen-bond acceptors (Lipinski definition) is 5. The second-order valence-corrected chi connectivity index (χ2v) is 8.97. The van der Waals surface area contributed by atoms with E-state index >= 15 is 0 Å². The smallest absolute Gasteiger partial charge is 0.328 e. The third kappa shape index (κ3) is 3.02. The van der Waals surface area contributed by atoms with Gasteiger partial charge in [-0.3, -0.25) is 0 Å². The van der Waals surface area contributed by atoms with Gasteiger partial charge in [0, 0.05) is 10.9 Å². The van der Waals surface area contributed by atoms with E-state index < -0.39 is 32.5 Å². The average Bonchev–Trinajstić information content (AvgIpc) is 3.25. The van der Waals surface area contributed by atoms with Crippen molar-refractivity contribution < 1.29 is 17.9 Å². The van der Waals surface area contributed by atoms with E-state index in [-0.39, 0.29) is 11.5 Å². The fourth-order valence-corrected chi connectivity index (χ4v) is 5.66. The van der Waals surface area contributed by atoms with E-state index in [1.54, 1.807) is 43.3 Å². The summed E-state index contributed by atoms with van der Waals surface area (Å²) in [4.78, 5) is 12.6. The minimum Gasteiger partial charge on any atom is -0.465 e. The summed E-state index contributed by atoms with van der Waals surface area (Å²) in [5, 5.41) is -0.566. The molecular formula is C19H20ClNO4S. The first kappa shape index (κ1) is 18.9. The molecule has 1 aliphatic carbocycles. The lowest BCUT2D eigenvalue weighted by Gasteiger charge is -2.11. The van der Waals surface area contributed by atoms with Gasteiger partial charge < -0.3 is 10.5 Å². The quantitative estimate of drug-likeness (QED) is 0.789. The molecule has 2 aromatic rings. The first-order valence-electron chi connectivity index (χ1n) is 8.25. The van der Waals surface area contributed by atoms with Gasteiger partial charge in [-0.05, 0) is 43.7 Å². The van der Waals surface area contributed by atoms with Crippen molar-refractivity contribution >= 4 is 27.4 Å². The van der Waals surface area contributed by atoms with Gasteiger partial charge >= 0.3 is 5.97 Å². The molecule has 2 aromatic carbocycles. The van der Waals surface area contributed by atoms with Crippen molar-refractivity contribution in [3.05, 3.63) is 64.7 Å². The molecule has 1 fully saturated rings. The molecule has 0 spiro atoms. The van der Waals surface area contributed by atoms with Crippen LogP contribution in [0.3, 0.4) is 0 Å². The Morgan fingerprint density at radius 3 is 2.27 bits per heavy atom. The van der Waals surface area contributed by atoms with Gasteiger partial charge in [0.25, 0.3) is 0 Å². The van der Waals surface area contributed by atoms with Crippen LogP contribution in [0.2, 0.25) is 5.02 Å². The van der Waals surface area contributed by atoms with E-state index in [4.69, 9.17) is 22.1 Å². The molecule has 0 radical (unpaired) electrons. The lowest BCUT2D eigenvalue weighted by Crippen LogP contribution is -2.41. The molecule has 3 atom stereocenters. The molecule has 2 N–H and O–H groups in total. The van der Waals surface area contributed by atoms with Gasteiger partial charge in [-0.25, -0.2) is 13.2 Å². The van der Waals surface area contributed by atoms with Crippen molar-refractivity contribution in [2.24, 2.45) is 5.73 Å². The minimum atomic E-state index is -3.82. The maximum atomic E-state index is 13.2. The molecular weight excluding hydrogens is 374 g/mol. The Bertz CT molecular complexity index is 925. The average molecular weight is 394 g/mol. The van der Waals surface area contributed by atoms with E-state index in [2.05, 4.69) is 0 Å². The standard InChI is InChI=1S/C19H20ClNO4S/c1-3-25-18(22)19(21)16(13-6-8-14(20)9-7-13)17(19)26(23,24)15-10-4-12(2)5-11-15/h4-11,16-17H,3,21H2,1-2H3/t16-,17+,19-/m0/s1. The number of carbonyl (C=O) groups excluding carboxylic acids is 1. The number of nitrogens with two attached hydrogens (primary N) is 1. The maximum absolute atomic E-state index is 13.2. The van der Waals surface area contributed by atoms with Gasteiger partial charge in [0.15, 0.2) is 9.84 Å². The number of aryl methyl sites for hydroxylation is 1. The molecule has 0 heterocycles. The Kier molecular flexibility index (Phi) is 4.86. The number of esters is 1. The van der Waals surface area contributed by atoms with E-state index in [1.807, 2.05) is 6.92 Å². The Labute approximate surface area is 158 Å². The summed E-state index contributed by atoms with van der Waals surface area (Å²) in [7, 11) is -3.82. The topological polar surface area (TPSA) is 86.5 Å². The maximum Gasteiger partial charge on any atom is 0.328 e. The number of benzene rings is 2. The minimum absolute atomic E-state index is 0.127. The number of rotatable bonds is 5. The van der Waals surface area contributed by atoms with Crippen LogP contribution in [0.25, 0.3) is 0 Å². The zero-order valence-electron chi connectivity index (χ0n) is 14.5. The largest absolute Gasteiger partial charge is 0.465 e. The number of ether oxygens (including phenoxy) is 1. The molecule has 0 amide bonds. The lowest BCUT2D eigenvalue weighted by molar-refractivity contribution is -0.145. The number of carbonyl (C=O) groups is 1. The van der Waals surface area contributed by atoms with Crippen LogP contribution < -0.4 is 5.73 Å². The summed E-state index contributed by atoms with van der Waals surface area (Å²) in [6, 6.07) is 13.2. The van der Waals surface area contributed by atoms with E-state index in [9.17, 15) is 13.2 Å². The third-order valence-electron chi connectivity index (χ3n) is 4.72. The van der Waals surface area contributed by atoms with Gasteiger partial charge in [-0.15, -0.1) is 0 Å². The number of sulfone groups is 1. The Balaban J connectivity index is 2.06. The summed E-state index contributed by atoms with van der Waals surface area (Å²) < 4.78 is 31.4. The molecule has 0 aliphatic heterocycles. The molecule has 26 heavy (non-hydrogen) atoms. The molecule has 0 unspecified atom stereocenters. The SMILES string of the molecule is CCOC(=O)[C@@]1(N)[C@H](S(=O)(=O)c2ccc(C)cc2)[C@@H]1c1ccc(Cl)cc1. The van der Waals surface area contributed by atoms with E-state index in [1.165, 1.54) is 12.1 Å². The van der Waals surface area contributed by atoms with Crippen LogP contribution in [0.4, 0.5) is 0 Å². The molecule has 1 aliphatic rings. The van der Waals surface area contributed by atoms with Crippen LogP contribution >= 0.6 is 11.6 Å². The van der Waals surface area contributed by atoms with Crippen molar-refractivity contribution in [1.82, 2.24) is 0 Å². The van der Waals surface area contributed by atoms with Gasteiger partial charge in [-0.2, -0.15) is 0 Å². The van der Waals surface area contributed by atoms with Crippen molar-refractivity contribution in [2.75, 3.05) is 6.61 Å². The summed E-state index contributed by atoms with van der Waals surface area (Å²) >= 11 is 5.92. The third-order valence-corrected chi connectivity index (χ3v) is 7.23. The summed E-state index contributed by atoms with van der Waals surface area (Å²) in [5.41, 5.74) is 6.27. The molecule has 0 bridgehead atoms. The van der Waals surface area contributed by atoms with Gasteiger partial charge in [0.2, 0.25) is 0 Å². The number of halogens is 1. The Morgan fingerprint density at radius 1 is 1.15 bits per heavy atom. The fraction of sp³-hybridized carbons (Fsp3) is 0.316. The molecule has 3 rings (SSSR count). The second kappa shape index (κ2) is 6.68. The highest BCUT2D eigenvalue weighted by atomic mass is 35.5. The van der Waals surface area contributed by atoms with Crippen LogP contribution in [-0.2, 0) is 19.4 Å². The zero-order valence-corrected chi connectivity index (χ0v) is 16.0. The normalized spacial score (nSPS) is 24.9. The predicted octanol–water partition coefficient (Wildman–Crippen LogP) is 2.85. The highest BCUT2D eigenvalue weighted by molar-refractivity contribution is 7.92. The second-order valence-electron chi connectivity index (χ2n) is 6.46. The zero-order chi connectivity index (χ0) is 19.1. The van der Waals surface area contributed by atoms with E-state index in [0.29, 0.717) is 10.6 Å². The van der Waals surface area contributed by atoms with E-state index in [0.717, 1.165) is 5.56 Å². The first-order chi connectivity index (χ1) is 12.2. The molecule has 5 nitrogen and oxygen atoms in total. The van der Waals surface area contributed by atoms with Crippen molar-refractivity contribution in [2.45, 2.75) is 35.4 Å². The highest BCUT2D eigenvalue weighted by Crippen LogP contribution is 2.56. The molecule has 138 valence electrons. The molecule has 0 aromatic heterocycles. The molecule has 1 saturated carbocycles. The van der Waals surface area contributed by atoms with Crippen molar-refractivity contribution in [3.63, 3.8) is 0 Å². The summed E-state index contributed by atoms with van der Waals surface area (Å²) in [5.74, 6) is -1.40. The monoisotopic (exact) mass is 393 g/mol. The fourth-order valence-electron chi connectivity index (χ4n) is 3.30. The van der Waals surface area contributed by atoms with Crippen LogP contribution in [-0.4, -0.2) is 31.8 Å². The summed E-state index contributed by atoms with van der Waals surface area (Å²) in [6.07, 6.45) is 0. The van der Waals surface area contributed by atoms with Crippen LogP contribution in [0, 0.1) is 6.92 Å². The Hall–Kier alpha value is -1.89. The lowest BCUT2D eigenvalue weighted by atomic mass is 10.1. The Morgan fingerprint density at radius 2 is 1.73 bits per heavy atom. The van der Waals surface area contributed by atoms with Gasteiger partial charge in [0.1, 0.15) is 10.8 Å². The van der Waals surface area contributed by atoms with Crippen LogP contribution in [0.15, 0.2) is 53.4 Å². The molecule has 7 heteroatoms. The van der Waals surface area contributed by atoms with Crippen molar-refractivity contribution in [3.8, 4) is 0 Å². The number of hydrogen-bond donors (Lipinski definition) is 1. The highest BCUT2D eigenvalue weighted by Gasteiger charge is 2.74. The van der Waals surface area contributed by atoms with Crippen LogP contribution in [0.5, 0.6) is 0 Å².